The fraction of sp³-hybridized carbons (Fsp3) is 0.478. The van der Waals surface area contributed by atoms with E-state index < -0.39 is 11.9 Å². The van der Waals surface area contributed by atoms with Gasteiger partial charge in [0.15, 0.2) is 0 Å². The molecule has 0 radical (unpaired) electrons. The zero-order valence-electron chi connectivity index (χ0n) is 17.5. The molecule has 2 aliphatic carbocycles. The minimum Gasteiger partial charge on any atom is -0.508 e. The average Bonchev–Trinajstić information content (AvgIpc) is 3.49. The van der Waals surface area contributed by atoms with Gasteiger partial charge in [-0.2, -0.15) is 0 Å². The van der Waals surface area contributed by atoms with Crippen molar-refractivity contribution in [1.29, 1.82) is 0 Å². The van der Waals surface area contributed by atoms with E-state index in [0.29, 0.717) is 0 Å². The first-order valence-electron chi connectivity index (χ1n) is 11.1. The van der Waals surface area contributed by atoms with Gasteiger partial charge in [-0.05, 0) is 36.7 Å². The van der Waals surface area contributed by atoms with Crippen LogP contribution in [0.25, 0.3) is 0 Å². The molecule has 172 valence electrons. The summed E-state index contributed by atoms with van der Waals surface area (Å²) in [6, 6.07) is 7.15. The van der Waals surface area contributed by atoms with Gasteiger partial charge in [-0.25, -0.2) is 0 Å². The van der Waals surface area contributed by atoms with Gasteiger partial charge in [0, 0.05) is 34.6 Å². The summed E-state index contributed by atoms with van der Waals surface area (Å²) < 4.78 is 0. The van der Waals surface area contributed by atoms with Crippen LogP contribution in [-0.4, -0.2) is 49.7 Å². The van der Waals surface area contributed by atoms with E-state index in [2.05, 4.69) is 4.98 Å². The predicted octanol–water partition coefficient (Wildman–Crippen LogP) is 2.48. The Labute approximate surface area is 197 Å². The van der Waals surface area contributed by atoms with Gasteiger partial charge in [0.25, 0.3) is 0 Å². The third-order valence-corrected chi connectivity index (χ3v) is 10.4. The molecule has 6 rings (SSSR count). The third kappa shape index (κ3) is 2.96. The highest BCUT2D eigenvalue weighted by Gasteiger charge is 2.69. The molecular weight excluding hydrogens is 464 g/mol. The number of H-pyrrole nitrogens is 1. The number of phenols is 1. The van der Waals surface area contributed by atoms with Crippen molar-refractivity contribution >= 4 is 40.9 Å². The molecule has 1 saturated heterocycles. The maximum absolute atomic E-state index is 13.3. The zero-order valence-corrected chi connectivity index (χ0v) is 19.1. The van der Waals surface area contributed by atoms with E-state index in [-0.39, 0.29) is 76.7 Å². The number of fused-ring (bicyclic) bond motifs is 9. The number of carboxylic acid groups (broad SMARTS) is 1. The van der Waals surface area contributed by atoms with Crippen molar-refractivity contribution in [3.63, 3.8) is 0 Å². The molecule has 10 heteroatoms. The number of aliphatic carboxylic acids is 1. The number of amides is 2. The first kappa shape index (κ1) is 21.0. The Hall–Kier alpha value is -2.59. The number of thiazole rings is 1. The summed E-state index contributed by atoms with van der Waals surface area (Å²) in [5, 5.41) is 20.5. The van der Waals surface area contributed by atoms with Gasteiger partial charge in [-0.15, -0.1) is 11.8 Å². The summed E-state index contributed by atoms with van der Waals surface area (Å²) in [6.07, 6.45) is 0.951. The molecule has 4 aliphatic rings. The smallest absolute Gasteiger partial charge is 0.305 e. The molecule has 1 aromatic carbocycles. The fourth-order valence-electron chi connectivity index (χ4n) is 6.79. The van der Waals surface area contributed by atoms with Gasteiger partial charge < -0.3 is 15.2 Å². The van der Waals surface area contributed by atoms with Gasteiger partial charge in [0.05, 0.1) is 16.9 Å². The molecule has 0 unspecified atom stereocenters. The van der Waals surface area contributed by atoms with E-state index in [0.717, 1.165) is 33.2 Å². The van der Waals surface area contributed by atoms with Crippen molar-refractivity contribution in [1.82, 2.24) is 9.88 Å². The van der Waals surface area contributed by atoms with Crippen LogP contribution in [0.5, 0.6) is 5.75 Å². The number of nitrogens with zero attached hydrogens (tertiary/aromatic N) is 1. The number of hydrogen-bond donors (Lipinski definition) is 3. The topological polar surface area (TPSA) is 128 Å². The molecule has 3 N–H and O–H groups in total. The lowest BCUT2D eigenvalue weighted by molar-refractivity contribution is -0.142. The van der Waals surface area contributed by atoms with Crippen LogP contribution in [-0.2, 0) is 14.4 Å². The molecule has 2 saturated carbocycles. The number of likely N-dealkylation sites (tertiary alicyclic amines) is 1. The first-order valence-corrected chi connectivity index (χ1v) is 12.8. The number of aromatic hydroxyl groups is 1. The van der Waals surface area contributed by atoms with Gasteiger partial charge in [-0.3, -0.25) is 24.1 Å². The lowest BCUT2D eigenvalue weighted by atomic mass is 9.68. The predicted molar refractivity (Wildman–Crippen MR) is 120 cm³/mol. The van der Waals surface area contributed by atoms with Crippen molar-refractivity contribution in [2.45, 2.75) is 35.5 Å². The standard InChI is InChI=1S/C23H22N2O6S2/c26-12-5-2-1-4-9(12)14-15-10-8-11(18(15)32-20-19(14)33-23(31)24-20)17-16(10)21(29)25(22(17)30)7-3-6-13(27)28/h1-2,4-5,10-11,14-18,26H,3,6-8H2,(H,24,31)(H,27,28)/t10-,11+,14+,15+,16+,17+,18+/m0/s1. The van der Waals surface area contributed by atoms with Crippen molar-refractivity contribution in [2.24, 2.45) is 29.6 Å². The van der Waals surface area contributed by atoms with E-state index in [9.17, 15) is 24.3 Å². The number of carbonyl (C=O) groups is 3. The Balaban J connectivity index is 1.39. The monoisotopic (exact) mass is 486 g/mol. The molecule has 33 heavy (non-hydrogen) atoms. The number of thioether (sulfide) groups is 1. The molecule has 3 fully saturated rings. The largest absolute Gasteiger partial charge is 0.508 e. The van der Waals surface area contributed by atoms with Gasteiger partial charge in [0.2, 0.25) is 11.8 Å². The van der Waals surface area contributed by atoms with Gasteiger partial charge in [0.1, 0.15) is 5.75 Å². The van der Waals surface area contributed by atoms with Crippen molar-refractivity contribution in [3.05, 3.63) is 44.4 Å². The van der Waals surface area contributed by atoms with Gasteiger partial charge in [-0.1, -0.05) is 29.5 Å². The van der Waals surface area contributed by atoms with Crippen LogP contribution in [0.2, 0.25) is 0 Å². The van der Waals surface area contributed by atoms with Gasteiger partial charge >= 0.3 is 10.8 Å². The highest BCUT2D eigenvalue weighted by atomic mass is 32.2. The molecular formula is C23H22N2O6S2. The molecule has 2 aliphatic heterocycles. The number of benzene rings is 1. The molecule has 0 spiro atoms. The number of phenolic OH excluding ortho intramolecular Hbond substituents is 1. The Morgan fingerprint density at radius 1 is 1.12 bits per heavy atom. The van der Waals surface area contributed by atoms with Crippen LogP contribution in [0.15, 0.2) is 34.1 Å². The number of carbonyl (C=O) groups excluding carboxylic acids is 2. The van der Waals surface area contributed by atoms with Crippen molar-refractivity contribution in [2.75, 3.05) is 6.54 Å². The Bertz CT molecular complexity index is 1240. The number of imide groups is 1. The molecule has 7 atom stereocenters. The Morgan fingerprint density at radius 2 is 1.85 bits per heavy atom. The van der Waals surface area contributed by atoms with E-state index in [1.807, 2.05) is 12.1 Å². The summed E-state index contributed by atoms with van der Waals surface area (Å²) in [5.74, 6) is -2.10. The highest BCUT2D eigenvalue weighted by Crippen LogP contribution is 2.68. The summed E-state index contributed by atoms with van der Waals surface area (Å²) in [7, 11) is 0. The van der Waals surface area contributed by atoms with Crippen LogP contribution in [0.3, 0.4) is 0 Å². The molecule has 2 aromatic rings. The van der Waals surface area contributed by atoms with Crippen LogP contribution in [0, 0.1) is 29.6 Å². The number of carboxylic acids is 1. The molecule has 2 bridgehead atoms. The molecule has 8 nitrogen and oxygen atoms in total. The maximum Gasteiger partial charge on any atom is 0.305 e. The minimum absolute atomic E-state index is 0.0147. The molecule has 2 amide bonds. The second-order valence-corrected chi connectivity index (χ2v) is 11.5. The van der Waals surface area contributed by atoms with Crippen LogP contribution in [0.1, 0.15) is 35.6 Å². The summed E-state index contributed by atoms with van der Waals surface area (Å²) in [6.45, 7) is 0.141. The number of nitrogens with one attached hydrogen (secondary N) is 1. The Kier molecular flexibility index (Phi) is 4.74. The number of para-hydroxylation sites is 1. The lowest BCUT2D eigenvalue weighted by Gasteiger charge is -2.43. The molecule has 1 aromatic heterocycles. The zero-order chi connectivity index (χ0) is 23.0. The highest BCUT2D eigenvalue weighted by molar-refractivity contribution is 8.00. The van der Waals surface area contributed by atoms with E-state index in [1.54, 1.807) is 23.9 Å². The summed E-state index contributed by atoms with van der Waals surface area (Å²) in [4.78, 5) is 54.7. The first-order chi connectivity index (χ1) is 15.9. The number of rotatable bonds is 5. The fourth-order valence-corrected chi connectivity index (χ4v) is 9.67. The number of aromatic amines is 1. The quantitative estimate of drug-likeness (QED) is 0.554. The minimum atomic E-state index is -0.942. The third-order valence-electron chi connectivity index (χ3n) is 7.86. The van der Waals surface area contributed by atoms with Crippen LogP contribution < -0.4 is 4.87 Å². The SMILES string of the molecule is O=C(O)CCCN1C(=O)[C@@H]2[C@H]3C[C@@H]([C@H]4Sc5[nH]c(=O)sc5[C@H](c5ccccc5O)[C@@H]34)[C@H]2C1=O. The number of hydrogen-bond acceptors (Lipinski definition) is 7. The van der Waals surface area contributed by atoms with Crippen molar-refractivity contribution in [3.8, 4) is 5.75 Å². The van der Waals surface area contributed by atoms with Crippen LogP contribution in [0.4, 0.5) is 0 Å². The second kappa shape index (κ2) is 7.46. The normalized spacial score (nSPS) is 33.8. The van der Waals surface area contributed by atoms with Crippen LogP contribution >= 0.6 is 23.1 Å². The van der Waals surface area contributed by atoms with E-state index in [1.165, 1.54) is 4.90 Å². The Morgan fingerprint density at radius 3 is 2.58 bits per heavy atom. The summed E-state index contributed by atoms with van der Waals surface area (Å²) >= 11 is 2.76. The summed E-state index contributed by atoms with van der Waals surface area (Å²) in [5.41, 5.74) is 0.753. The van der Waals surface area contributed by atoms with E-state index in [4.69, 9.17) is 5.11 Å². The average molecular weight is 487 g/mol. The maximum atomic E-state index is 13.3. The van der Waals surface area contributed by atoms with Crippen molar-refractivity contribution < 1.29 is 24.6 Å². The lowest BCUT2D eigenvalue weighted by Crippen LogP contribution is -2.42. The van der Waals surface area contributed by atoms with E-state index >= 15 is 0 Å². The molecule has 3 heterocycles. The second-order valence-electron chi connectivity index (χ2n) is 9.34. The number of aromatic nitrogens is 1.